The van der Waals surface area contributed by atoms with E-state index in [0.717, 1.165) is 239 Å². The summed E-state index contributed by atoms with van der Waals surface area (Å²) >= 11 is 0. The maximum atomic E-state index is 11.7. The third kappa shape index (κ3) is 28.2. The maximum absolute atomic E-state index is 11.7. The number of benzene rings is 8. The number of carbonyl (C=O) groups excluding carboxylic acids is 4. The van der Waals surface area contributed by atoms with E-state index in [1.165, 1.54) is 52.0 Å². The molecule has 0 atom stereocenters. The molecule has 0 spiro atoms. The predicted molar refractivity (Wildman–Crippen MR) is 566 cm³/mol. The molecule has 0 saturated heterocycles. The molecule has 8 aromatic carbocycles. The van der Waals surface area contributed by atoms with E-state index in [-0.39, 0.29) is 150 Å². The Balaban J connectivity index is 0.000000191. The second-order valence-electron chi connectivity index (χ2n) is 34.7. The number of fused-ring (bicyclic) bond motifs is 16. The van der Waals surface area contributed by atoms with Crippen molar-refractivity contribution in [3.63, 3.8) is 0 Å². The van der Waals surface area contributed by atoms with E-state index in [4.69, 9.17) is 27.9 Å². The standard InChI is InChI=1S/2C21H14N3O.2C20H12N3O.2C13H24O2.2C5H8O2.4Ir/c2*1-12-9-16-14-8-7-13(2)24-21(14)25-20(16)17(10-12)19-15-5-3-4-6-18(15)22-11-23-19;2*1-12-9-10-14-13-6-4-7-16(19(13)24-20(14)23-12)18-15-5-2-3-8-17(15)21-11-22-18;2*1-5-10(6-2)12(14)9-13(15)11(7-3)8-4;2*1-4(6)3-5(2)7;;;;/h2*3-9,11H,1-2H3;2*2-6,8-11H,1H3;2*9-11,14H,5-8H2,1-4H3;2*3,6H,1-2H3;;;;/q4*-1;;;;;;;;. The molecular weight excluding hydrogens is 2550 g/mol. The fourth-order valence-electron chi connectivity index (χ4n) is 16.9. The van der Waals surface area contributed by atoms with Gasteiger partial charge >= 0.3 is 0 Å². The van der Waals surface area contributed by atoms with Crippen LogP contribution in [0.4, 0.5) is 0 Å². The zero-order valence-corrected chi connectivity index (χ0v) is 94.2. The van der Waals surface area contributed by atoms with Crippen molar-refractivity contribution >= 4 is 155 Å². The van der Waals surface area contributed by atoms with Gasteiger partial charge in [-0.25, -0.2) is 39.9 Å². The number of aliphatic hydroxyl groups excluding tert-OH is 4. The van der Waals surface area contributed by atoms with Crippen molar-refractivity contribution in [3.05, 3.63) is 313 Å². The van der Waals surface area contributed by atoms with Crippen molar-refractivity contribution in [2.45, 2.75) is 176 Å². The molecule has 4 radical (unpaired) electrons. The number of rotatable bonds is 20. The van der Waals surface area contributed by atoms with Crippen molar-refractivity contribution in [2.24, 2.45) is 23.7 Å². The number of allylic oxidation sites excluding steroid dienone is 8. The van der Waals surface area contributed by atoms with Crippen LogP contribution < -0.4 is 0 Å². The van der Waals surface area contributed by atoms with E-state index in [2.05, 4.69) is 108 Å². The number of aromatic nitrogens is 12. The Morgan fingerprint density at radius 3 is 0.788 bits per heavy atom. The zero-order valence-electron chi connectivity index (χ0n) is 84.7. The second kappa shape index (κ2) is 54.5. The number of ketones is 4. The molecule has 0 amide bonds. The average molecular weight is 2660 g/mol. The Bertz CT molecular complexity index is 7630. The minimum atomic E-state index is -0.125. The van der Waals surface area contributed by atoms with Gasteiger partial charge in [0.25, 0.3) is 0 Å². The van der Waals surface area contributed by atoms with E-state index in [0.29, 0.717) is 22.9 Å². The largest absolute Gasteiger partial charge is 0.512 e. The predicted octanol–water partition coefficient (Wildman–Crippen LogP) is 29.2. The third-order valence-electron chi connectivity index (χ3n) is 24.3. The maximum Gasteiger partial charge on any atom is 0.216 e. The molecule has 4 N–H and O–H groups in total. The molecule has 0 aliphatic rings. The molecule has 20 aromatic rings. The minimum absolute atomic E-state index is 0. The molecule has 0 bridgehead atoms. The Labute approximate surface area is 902 Å². The number of hydrogen-bond donors (Lipinski definition) is 4. The van der Waals surface area contributed by atoms with Crippen LogP contribution in [0.25, 0.3) is 177 Å². The first-order valence-corrected chi connectivity index (χ1v) is 47.8. The molecule has 0 fully saturated rings. The van der Waals surface area contributed by atoms with Crippen LogP contribution in [-0.4, -0.2) is 103 Å². The molecule has 146 heavy (non-hydrogen) atoms. The summed E-state index contributed by atoms with van der Waals surface area (Å²) in [6.45, 7) is 33.7. The second-order valence-corrected chi connectivity index (χ2v) is 34.7. The number of aryl methyl sites for hydroxylation is 6. The molecule has 12 heterocycles. The summed E-state index contributed by atoms with van der Waals surface area (Å²) in [5.74, 6) is 0.970. The van der Waals surface area contributed by atoms with Gasteiger partial charge in [0.15, 0.2) is 23.1 Å². The Morgan fingerprint density at radius 2 is 0.541 bits per heavy atom. The summed E-state index contributed by atoms with van der Waals surface area (Å²) in [6, 6.07) is 73.5. The van der Waals surface area contributed by atoms with E-state index in [1.807, 2.05) is 255 Å². The van der Waals surface area contributed by atoms with Gasteiger partial charge < -0.3 is 38.1 Å². The summed E-state index contributed by atoms with van der Waals surface area (Å²) in [6.07, 6.45) is 18.5. The van der Waals surface area contributed by atoms with Crippen molar-refractivity contribution < 1.29 is 138 Å². The van der Waals surface area contributed by atoms with Crippen LogP contribution in [0.1, 0.15) is 168 Å². The van der Waals surface area contributed by atoms with Gasteiger partial charge in [-0.05, 0) is 201 Å². The van der Waals surface area contributed by atoms with Gasteiger partial charge in [-0.1, -0.05) is 186 Å². The minimum Gasteiger partial charge on any atom is -0.512 e. The molecule has 12 aromatic heterocycles. The van der Waals surface area contributed by atoms with Crippen LogP contribution in [0.5, 0.6) is 0 Å². The van der Waals surface area contributed by atoms with Crippen LogP contribution >= 0.6 is 0 Å². The zero-order chi connectivity index (χ0) is 102. The number of carbonyl (C=O) groups is 4. The normalized spacial score (nSPS) is 11.4. The molecule has 0 aliphatic carbocycles. The molecule has 0 saturated carbocycles. The third-order valence-corrected chi connectivity index (χ3v) is 24.3. The van der Waals surface area contributed by atoms with Gasteiger partial charge in [-0.15, -0.1) is 71.8 Å². The van der Waals surface area contributed by atoms with Crippen molar-refractivity contribution in [1.82, 2.24) is 59.8 Å². The number of nitrogens with zero attached hydrogens (tertiary/aromatic N) is 12. The fourth-order valence-corrected chi connectivity index (χ4v) is 16.9. The first kappa shape index (κ1) is 116. The molecule has 0 aliphatic heterocycles. The Kier molecular flexibility index (Phi) is 43.3. The molecule has 760 valence electrons. The quantitative estimate of drug-likeness (QED) is 0.0313. The average Bonchev–Trinajstić information content (AvgIpc) is 1.42. The van der Waals surface area contributed by atoms with Crippen LogP contribution in [0, 0.1) is 89.5 Å². The van der Waals surface area contributed by atoms with Crippen LogP contribution in [0.3, 0.4) is 0 Å². The van der Waals surface area contributed by atoms with Gasteiger partial charge in [0.05, 0.1) is 67.4 Å². The number of furan rings is 4. The van der Waals surface area contributed by atoms with Gasteiger partial charge in [-0.3, -0.25) is 39.1 Å². The topological polar surface area (TPSA) is 356 Å². The summed E-state index contributed by atoms with van der Waals surface area (Å²) in [5, 5.41) is 48.3. The van der Waals surface area contributed by atoms with Gasteiger partial charge in [-0.2, -0.15) is 0 Å². The SMILES string of the molecule is CC(=O)C=C(C)O.CC(=O)C=C(C)O.CCC(CC)C(=O)C=C(O)C(CC)CC.CCC(CC)C(=O)C=C(O)C(CC)CC.Cc1[c-]c(-c2ncnc3ccccc23)c2oc3nc(C)ccc3c2c1.Cc1[c-]c(-c2ncnc3ccccc23)c2oc3nc(C)ccc3c2c1.Cc1ccc2c(n1)oc1c(-c3ncnc4ccccc34)[c-]ccc12.Cc1ccc2c(n1)oc1c(-c3ncnc4ccccc34)[c-]ccc12.[Ir].[Ir].[Ir].[Ir]. The summed E-state index contributed by atoms with van der Waals surface area (Å²) < 4.78 is 24.4. The molecule has 0 unspecified atom stereocenters. The first-order chi connectivity index (χ1) is 68.5. The fraction of sp³-hybridized carbons (Fsp3) is 0.254. The summed E-state index contributed by atoms with van der Waals surface area (Å²) in [7, 11) is 0. The Morgan fingerprint density at radius 1 is 0.295 bits per heavy atom. The van der Waals surface area contributed by atoms with Gasteiger partial charge in [0.2, 0.25) is 22.9 Å². The smallest absolute Gasteiger partial charge is 0.216 e. The van der Waals surface area contributed by atoms with E-state index >= 15 is 0 Å². The van der Waals surface area contributed by atoms with Crippen LogP contribution in [0.2, 0.25) is 0 Å². The van der Waals surface area contributed by atoms with E-state index < -0.39 is 0 Å². The van der Waals surface area contributed by atoms with Crippen LogP contribution in [0.15, 0.2) is 272 Å². The Hall–Kier alpha value is -13.6. The number of para-hydroxylation sites is 4. The van der Waals surface area contributed by atoms with Crippen LogP contribution in [-0.2, 0) is 99.6 Å². The van der Waals surface area contributed by atoms with Gasteiger partial charge in [0.1, 0.15) is 25.3 Å². The monoisotopic (exact) mass is 2660 g/mol. The van der Waals surface area contributed by atoms with E-state index in [9.17, 15) is 29.4 Å². The first-order valence-electron chi connectivity index (χ1n) is 47.8. The van der Waals surface area contributed by atoms with Crippen molar-refractivity contribution in [3.8, 4) is 45.0 Å². The number of hydrogen-bond acceptors (Lipinski definition) is 24. The molecule has 24 nitrogen and oxygen atoms in total. The van der Waals surface area contributed by atoms with Crippen molar-refractivity contribution in [2.75, 3.05) is 0 Å². The van der Waals surface area contributed by atoms with E-state index in [1.54, 1.807) is 25.3 Å². The van der Waals surface area contributed by atoms with Gasteiger partial charge in [0, 0.05) is 195 Å². The van der Waals surface area contributed by atoms with Crippen molar-refractivity contribution in [1.29, 1.82) is 0 Å². The molecular formula is C118H116Ir4N12O12-4. The molecule has 20 rings (SSSR count). The number of pyridine rings is 4. The molecule has 28 heteroatoms. The summed E-state index contributed by atoms with van der Waals surface area (Å²) in [4.78, 5) is 96.9. The summed E-state index contributed by atoms with van der Waals surface area (Å²) in [5.41, 5.74) is 21.7. The number of aliphatic hydroxyl groups is 4.